The summed E-state index contributed by atoms with van der Waals surface area (Å²) < 4.78 is 11.5. The normalized spacial score (nSPS) is 16.2. The van der Waals surface area contributed by atoms with E-state index < -0.39 is 0 Å². The Morgan fingerprint density at radius 1 is 1.15 bits per heavy atom. The fraction of sp³-hybridized carbons (Fsp3) is 0.400. The number of nitrogens with one attached hydrogen (secondary N) is 1. The van der Waals surface area contributed by atoms with Crippen LogP contribution in [0.25, 0.3) is 0 Å². The van der Waals surface area contributed by atoms with Crippen molar-refractivity contribution in [3.8, 4) is 11.5 Å². The number of H-pyrrole nitrogens is 1. The van der Waals surface area contributed by atoms with E-state index in [0.29, 0.717) is 18.1 Å². The predicted molar refractivity (Wildman–Crippen MR) is 127 cm³/mol. The lowest BCUT2D eigenvalue weighted by molar-refractivity contribution is -0.133. The lowest BCUT2D eigenvalue weighted by atomic mass is 10.0. The molecule has 1 aliphatic rings. The van der Waals surface area contributed by atoms with Gasteiger partial charge in [0.05, 0.1) is 25.7 Å². The van der Waals surface area contributed by atoms with Crippen molar-refractivity contribution >= 4 is 11.6 Å². The van der Waals surface area contributed by atoms with Crippen LogP contribution >= 0.6 is 0 Å². The molecular weight excluding hydrogens is 418 g/mol. The molecule has 1 aliphatic heterocycles. The van der Waals surface area contributed by atoms with E-state index in [0.717, 1.165) is 30.9 Å². The molecule has 2 heterocycles. The van der Waals surface area contributed by atoms with Gasteiger partial charge in [-0.1, -0.05) is 30.3 Å². The van der Waals surface area contributed by atoms with Gasteiger partial charge in [0, 0.05) is 31.4 Å². The second kappa shape index (κ2) is 10.4. The van der Waals surface area contributed by atoms with Gasteiger partial charge in [-0.25, -0.2) is 4.98 Å². The van der Waals surface area contributed by atoms with Gasteiger partial charge in [-0.15, -0.1) is 0 Å². The molecular formula is C25H31N5O3. The number of rotatable bonds is 8. The third-order valence-electron chi connectivity index (χ3n) is 5.78. The standard InChI is InChI=1S/C25H31N5O3/c1-18(2)33-23-14-20(9-10-22(23)32-3)29-11-12-30(25(31)15-24-26-17-27-28-24)21(16-29)13-19-7-5-4-6-8-19/h4-10,14,17-18,21H,11-13,15-16H2,1-3H3,(H,26,27,28)/t21-/m0/s1. The topological polar surface area (TPSA) is 83.6 Å². The highest BCUT2D eigenvalue weighted by Gasteiger charge is 2.31. The zero-order valence-corrected chi connectivity index (χ0v) is 19.4. The molecule has 4 rings (SSSR count). The molecule has 3 aromatic rings. The lowest BCUT2D eigenvalue weighted by Crippen LogP contribution is -2.56. The van der Waals surface area contributed by atoms with E-state index in [1.165, 1.54) is 11.9 Å². The van der Waals surface area contributed by atoms with Crippen LogP contribution in [-0.2, 0) is 17.6 Å². The van der Waals surface area contributed by atoms with E-state index in [1.54, 1.807) is 7.11 Å². The minimum Gasteiger partial charge on any atom is -0.493 e. The van der Waals surface area contributed by atoms with Crippen LogP contribution in [0.3, 0.4) is 0 Å². The highest BCUT2D eigenvalue weighted by Crippen LogP contribution is 2.33. The average Bonchev–Trinajstić information content (AvgIpc) is 3.32. The van der Waals surface area contributed by atoms with Crippen molar-refractivity contribution in [2.24, 2.45) is 0 Å². The van der Waals surface area contributed by atoms with Gasteiger partial charge in [0.15, 0.2) is 11.5 Å². The number of aromatic amines is 1. The molecule has 0 saturated carbocycles. The van der Waals surface area contributed by atoms with E-state index in [1.807, 2.05) is 49.1 Å². The Morgan fingerprint density at radius 2 is 1.97 bits per heavy atom. The first-order chi connectivity index (χ1) is 16.0. The van der Waals surface area contributed by atoms with Crippen molar-refractivity contribution in [2.45, 2.75) is 38.8 Å². The molecule has 0 spiro atoms. The van der Waals surface area contributed by atoms with Gasteiger partial charge < -0.3 is 19.3 Å². The van der Waals surface area contributed by atoms with Gasteiger partial charge in [-0.2, -0.15) is 5.10 Å². The molecule has 1 atom stereocenters. The second-order valence-electron chi connectivity index (χ2n) is 8.49. The average molecular weight is 450 g/mol. The van der Waals surface area contributed by atoms with Gasteiger partial charge in [-0.05, 0) is 38.0 Å². The number of amides is 1. The first kappa shape index (κ1) is 22.6. The van der Waals surface area contributed by atoms with E-state index in [-0.39, 0.29) is 24.5 Å². The molecule has 0 bridgehead atoms. The number of hydrogen-bond donors (Lipinski definition) is 1. The van der Waals surface area contributed by atoms with Crippen LogP contribution < -0.4 is 14.4 Å². The van der Waals surface area contributed by atoms with Crippen LogP contribution in [0.5, 0.6) is 11.5 Å². The van der Waals surface area contributed by atoms with Crippen LogP contribution in [0.2, 0.25) is 0 Å². The van der Waals surface area contributed by atoms with Crippen LogP contribution in [0.1, 0.15) is 25.2 Å². The quantitative estimate of drug-likeness (QED) is 0.569. The maximum absolute atomic E-state index is 13.2. The number of nitrogens with zero attached hydrogens (tertiary/aromatic N) is 4. The zero-order chi connectivity index (χ0) is 23.2. The minimum atomic E-state index is 0.0353. The largest absolute Gasteiger partial charge is 0.493 e. The highest BCUT2D eigenvalue weighted by molar-refractivity contribution is 5.78. The number of aromatic nitrogens is 3. The molecule has 0 radical (unpaired) electrons. The van der Waals surface area contributed by atoms with Crippen LogP contribution in [0.15, 0.2) is 54.9 Å². The SMILES string of the molecule is COc1ccc(N2CCN(C(=O)Cc3ncn[nH]3)[C@@H](Cc3ccccc3)C2)cc1OC(C)C. The van der Waals surface area contributed by atoms with Gasteiger partial charge in [0.1, 0.15) is 12.2 Å². The molecule has 0 unspecified atom stereocenters. The molecule has 1 N–H and O–H groups in total. The molecule has 8 heteroatoms. The lowest BCUT2D eigenvalue weighted by Gasteiger charge is -2.42. The van der Waals surface area contributed by atoms with Crippen molar-refractivity contribution in [1.29, 1.82) is 0 Å². The number of ether oxygens (including phenoxy) is 2. The number of piperazine rings is 1. The summed E-state index contributed by atoms with van der Waals surface area (Å²) >= 11 is 0. The fourth-order valence-corrected chi connectivity index (χ4v) is 4.25. The Morgan fingerprint density at radius 3 is 2.67 bits per heavy atom. The monoisotopic (exact) mass is 449 g/mol. The highest BCUT2D eigenvalue weighted by atomic mass is 16.5. The maximum Gasteiger partial charge on any atom is 0.230 e. The Labute approximate surface area is 194 Å². The Bertz CT molecular complexity index is 1040. The molecule has 1 amide bonds. The fourth-order valence-electron chi connectivity index (χ4n) is 4.25. The molecule has 33 heavy (non-hydrogen) atoms. The van der Waals surface area contributed by atoms with Gasteiger partial charge in [0.2, 0.25) is 5.91 Å². The number of methoxy groups -OCH3 is 1. The minimum absolute atomic E-state index is 0.0353. The summed E-state index contributed by atoms with van der Waals surface area (Å²) in [7, 11) is 1.65. The van der Waals surface area contributed by atoms with Crippen LogP contribution in [0, 0.1) is 0 Å². The summed E-state index contributed by atoms with van der Waals surface area (Å²) in [5.74, 6) is 2.10. The van der Waals surface area contributed by atoms with Crippen LogP contribution in [0.4, 0.5) is 5.69 Å². The summed E-state index contributed by atoms with van der Waals surface area (Å²) in [5, 5.41) is 6.66. The van der Waals surface area contributed by atoms with Crippen LogP contribution in [-0.4, -0.2) is 64.9 Å². The third-order valence-corrected chi connectivity index (χ3v) is 5.78. The van der Waals surface area contributed by atoms with Gasteiger partial charge in [-0.3, -0.25) is 9.89 Å². The van der Waals surface area contributed by atoms with Crippen molar-refractivity contribution < 1.29 is 14.3 Å². The van der Waals surface area contributed by atoms with E-state index in [2.05, 4.69) is 38.3 Å². The molecule has 1 aromatic heterocycles. The number of carbonyl (C=O) groups is 1. The van der Waals surface area contributed by atoms with Crippen molar-refractivity contribution in [2.75, 3.05) is 31.6 Å². The van der Waals surface area contributed by atoms with E-state index in [4.69, 9.17) is 9.47 Å². The van der Waals surface area contributed by atoms with E-state index in [9.17, 15) is 4.79 Å². The first-order valence-electron chi connectivity index (χ1n) is 11.3. The Kier molecular flexibility index (Phi) is 7.12. The number of carbonyl (C=O) groups excluding carboxylic acids is 1. The molecule has 0 aliphatic carbocycles. The summed E-state index contributed by atoms with van der Waals surface area (Å²) in [6, 6.07) is 16.4. The number of anilines is 1. The molecule has 1 saturated heterocycles. The Hall–Kier alpha value is -3.55. The molecule has 1 fully saturated rings. The first-order valence-corrected chi connectivity index (χ1v) is 11.3. The van der Waals surface area contributed by atoms with E-state index >= 15 is 0 Å². The zero-order valence-electron chi connectivity index (χ0n) is 19.4. The summed E-state index contributed by atoms with van der Waals surface area (Å²) in [6.07, 6.45) is 2.48. The number of hydrogen-bond acceptors (Lipinski definition) is 6. The number of benzene rings is 2. The molecule has 8 nitrogen and oxygen atoms in total. The maximum atomic E-state index is 13.2. The molecule has 174 valence electrons. The molecule has 2 aromatic carbocycles. The second-order valence-corrected chi connectivity index (χ2v) is 8.49. The van der Waals surface area contributed by atoms with Crippen molar-refractivity contribution in [1.82, 2.24) is 20.1 Å². The predicted octanol–water partition coefficient (Wildman–Crippen LogP) is 3.10. The van der Waals surface area contributed by atoms with Crippen molar-refractivity contribution in [3.63, 3.8) is 0 Å². The third kappa shape index (κ3) is 5.63. The smallest absolute Gasteiger partial charge is 0.230 e. The summed E-state index contributed by atoms with van der Waals surface area (Å²) in [4.78, 5) is 21.6. The Balaban J connectivity index is 1.56. The van der Waals surface area contributed by atoms with Crippen molar-refractivity contribution in [3.05, 3.63) is 66.2 Å². The summed E-state index contributed by atoms with van der Waals surface area (Å²) in [5.41, 5.74) is 2.27. The summed E-state index contributed by atoms with van der Waals surface area (Å²) in [6.45, 7) is 6.10. The van der Waals surface area contributed by atoms with Gasteiger partial charge >= 0.3 is 0 Å². The van der Waals surface area contributed by atoms with Gasteiger partial charge in [0.25, 0.3) is 0 Å².